The SMILES string of the molecule is Cc1ccc(C(C)NC(=O)CN(c2cc(C(F)(F)F)ccc2Cl)S(=O)(=O)c2ccccc2)cc1C. The minimum atomic E-state index is -4.73. The standard InChI is InChI=1S/C25H24ClF3N2O3S/c1-16-9-10-19(13-17(16)2)18(3)30-24(32)15-31(35(33,34)21-7-5-4-6-8-21)23-14-20(25(27,28)29)11-12-22(23)26/h4-14,18H,15H2,1-3H3,(H,30,32). The van der Waals surface area contributed by atoms with Crippen molar-refractivity contribution in [3.63, 3.8) is 0 Å². The largest absolute Gasteiger partial charge is 0.416 e. The molecule has 0 radical (unpaired) electrons. The topological polar surface area (TPSA) is 66.5 Å². The Hall–Kier alpha value is -3.04. The van der Waals surface area contributed by atoms with Crippen LogP contribution in [0.15, 0.2) is 71.6 Å². The van der Waals surface area contributed by atoms with E-state index in [1.54, 1.807) is 13.0 Å². The van der Waals surface area contributed by atoms with Gasteiger partial charge in [0.1, 0.15) is 6.54 Å². The molecule has 0 fully saturated rings. The number of rotatable bonds is 7. The zero-order chi connectivity index (χ0) is 26.0. The third kappa shape index (κ3) is 6.15. The maximum absolute atomic E-state index is 13.4. The molecule has 0 saturated heterocycles. The first-order chi connectivity index (χ1) is 16.3. The van der Waals surface area contributed by atoms with Crippen molar-refractivity contribution in [1.29, 1.82) is 0 Å². The summed E-state index contributed by atoms with van der Waals surface area (Å²) in [5.74, 6) is -0.705. The van der Waals surface area contributed by atoms with Gasteiger partial charge < -0.3 is 5.32 Å². The molecule has 10 heteroatoms. The molecule has 0 aliphatic rings. The molecule has 0 aliphatic heterocycles. The number of nitrogens with one attached hydrogen (secondary N) is 1. The molecule has 1 unspecified atom stereocenters. The molecule has 1 amide bonds. The van der Waals surface area contributed by atoms with Crippen LogP contribution in [0.25, 0.3) is 0 Å². The van der Waals surface area contributed by atoms with Crippen molar-refractivity contribution in [2.24, 2.45) is 0 Å². The van der Waals surface area contributed by atoms with E-state index >= 15 is 0 Å². The number of hydrogen-bond donors (Lipinski definition) is 1. The Labute approximate surface area is 207 Å². The number of halogens is 4. The maximum atomic E-state index is 13.4. The first-order valence-electron chi connectivity index (χ1n) is 10.6. The first kappa shape index (κ1) is 26.6. The molecule has 1 atom stereocenters. The normalized spacial score (nSPS) is 12.8. The number of carbonyl (C=O) groups excluding carboxylic acids is 1. The molecule has 0 saturated carbocycles. The smallest absolute Gasteiger partial charge is 0.348 e. The summed E-state index contributed by atoms with van der Waals surface area (Å²) in [6, 6.07) is 14.6. The molecular formula is C25H24ClF3N2O3S. The number of sulfonamides is 1. The van der Waals surface area contributed by atoms with Gasteiger partial charge >= 0.3 is 6.18 Å². The van der Waals surface area contributed by atoms with E-state index < -0.39 is 45.9 Å². The van der Waals surface area contributed by atoms with E-state index in [0.717, 1.165) is 28.8 Å². The Morgan fingerprint density at radius 1 is 1.00 bits per heavy atom. The summed E-state index contributed by atoms with van der Waals surface area (Å²) in [6.45, 7) is 4.84. The third-order valence-corrected chi connectivity index (χ3v) is 7.66. The van der Waals surface area contributed by atoms with Gasteiger partial charge in [0.25, 0.3) is 10.0 Å². The summed E-state index contributed by atoms with van der Waals surface area (Å²) in [5.41, 5.74) is 1.36. The van der Waals surface area contributed by atoms with Gasteiger partial charge in [-0.1, -0.05) is 48.0 Å². The number of anilines is 1. The van der Waals surface area contributed by atoms with Crippen molar-refractivity contribution in [3.05, 3.63) is 94.0 Å². The second-order valence-corrected chi connectivity index (χ2v) is 10.4. The van der Waals surface area contributed by atoms with Crippen LogP contribution in [0.2, 0.25) is 5.02 Å². The third-order valence-electron chi connectivity index (χ3n) is 5.57. The van der Waals surface area contributed by atoms with Crippen molar-refractivity contribution in [1.82, 2.24) is 5.32 Å². The van der Waals surface area contributed by atoms with Crippen LogP contribution in [0.4, 0.5) is 18.9 Å². The Balaban J connectivity index is 2.00. The van der Waals surface area contributed by atoms with Crippen molar-refractivity contribution in [3.8, 4) is 0 Å². The van der Waals surface area contributed by atoms with E-state index in [0.29, 0.717) is 10.4 Å². The van der Waals surface area contributed by atoms with E-state index in [4.69, 9.17) is 11.6 Å². The molecule has 3 aromatic carbocycles. The molecule has 3 rings (SSSR count). The van der Waals surface area contributed by atoms with Crippen molar-refractivity contribution < 1.29 is 26.4 Å². The molecule has 1 N–H and O–H groups in total. The van der Waals surface area contributed by atoms with Crippen molar-refractivity contribution in [2.75, 3.05) is 10.8 Å². The van der Waals surface area contributed by atoms with Gasteiger partial charge in [0, 0.05) is 0 Å². The predicted molar refractivity (Wildman–Crippen MR) is 130 cm³/mol. The quantitative estimate of drug-likeness (QED) is 0.409. The summed E-state index contributed by atoms with van der Waals surface area (Å²) in [4.78, 5) is 12.8. The minimum Gasteiger partial charge on any atom is -0.348 e. The highest BCUT2D eigenvalue weighted by molar-refractivity contribution is 7.92. The van der Waals surface area contributed by atoms with Crippen LogP contribution >= 0.6 is 11.6 Å². The van der Waals surface area contributed by atoms with Gasteiger partial charge in [-0.05, 0) is 67.8 Å². The van der Waals surface area contributed by atoms with E-state index in [1.165, 1.54) is 24.3 Å². The highest BCUT2D eigenvalue weighted by Gasteiger charge is 2.34. The predicted octanol–water partition coefficient (Wildman–Crippen LogP) is 6.05. The molecule has 0 spiro atoms. The van der Waals surface area contributed by atoms with E-state index in [1.807, 2.05) is 32.0 Å². The highest BCUT2D eigenvalue weighted by atomic mass is 35.5. The highest BCUT2D eigenvalue weighted by Crippen LogP contribution is 2.37. The lowest BCUT2D eigenvalue weighted by Gasteiger charge is -2.26. The fourth-order valence-electron chi connectivity index (χ4n) is 3.43. The van der Waals surface area contributed by atoms with Gasteiger partial charge in [0.2, 0.25) is 5.91 Å². The van der Waals surface area contributed by atoms with Gasteiger partial charge in [0.05, 0.1) is 27.2 Å². The summed E-state index contributed by atoms with van der Waals surface area (Å²) in [7, 11) is -4.43. The van der Waals surface area contributed by atoms with Gasteiger partial charge in [0.15, 0.2) is 0 Å². The summed E-state index contributed by atoms with van der Waals surface area (Å²) < 4.78 is 67.6. The first-order valence-corrected chi connectivity index (χ1v) is 12.4. The van der Waals surface area contributed by atoms with Crippen LogP contribution in [-0.4, -0.2) is 20.9 Å². The van der Waals surface area contributed by atoms with Gasteiger partial charge in [-0.2, -0.15) is 13.2 Å². The second kappa shape index (κ2) is 10.3. The van der Waals surface area contributed by atoms with Crippen LogP contribution in [0.5, 0.6) is 0 Å². The molecular weight excluding hydrogens is 501 g/mol. The lowest BCUT2D eigenvalue weighted by molar-refractivity contribution is -0.137. The van der Waals surface area contributed by atoms with Crippen molar-refractivity contribution in [2.45, 2.75) is 37.9 Å². The average molecular weight is 525 g/mol. The Kier molecular flexibility index (Phi) is 7.81. The van der Waals surface area contributed by atoms with Crippen LogP contribution in [0, 0.1) is 13.8 Å². The summed E-state index contributed by atoms with van der Waals surface area (Å²) in [5, 5.41) is 2.48. The van der Waals surface area contributed by atoms with Gasteiger partial charge in [-0.25, -0.2) is 8.42 Å². The number of alkyl halides is 3. The van der Waals surface area contributed by atoms with E-state index in [9.17, 15) is 26.4 Å². The lowest BCUT2D eigenvalue weighted by atomic mass is 10.0. The number of benzene rings is 3. The zero-order valence-electron chi connectivity index (χ0n) is 19.2. The van der Waals surface area contributed by atoms with Crippen LogP contribution in [0.1, 0.15) is 35.2 Å². The molecule has 0 heterocycles. The lowest BCUT2D eigenvalue weighted by Crippen LogP contribution is -2.41. The molecule has 3 aromatic rings. The Bertz CT molecular complexity index is 1330. The number of carbonyl (C=O) groups is 1. The number of nitrogens with zero attached hydrogens (tertiary/aromatic N) is 1. The molecule has 0 bridgehead atoms. The molecule has 5 nitrogen and oxygen atoms in total. The molecule has 35 heavy (non-hydrogen) atoms. The number of amides is 1. The molecule has 186 valence electrons. The Morgan fingerprint density at radius 3 is 2.26 bits per heavy atom. The number of aryl methyl sites for hydroxylation is 2. The van der Waals surface area contributed by atoms with Crippen LogP contribution in [0.3, 0.4) is 0 Å². The van der Waals surface area contributed by atoms with Crippen LogP contribution < -0.4 is 9.62 Å². The van der Waals surface area contributed by atoms with Crippen LogP contribution in [-0.2, 0) is 21.0 Å². The van der Waals surface area contributed by atoms with Gasteiger partial charge in [-0.15, -0.1) is 0 Å². The average Bonchev–Trinajstić information content (AvgIpc) is 2.79. The second-order valence-electron chi connectivity index (χ2n) is 8.12. The van der Waals surface area contributed by atoms with E-state index in [2.05, 4.69) is 5.32 Å². The number of hydrogen-bond acceptors (Lipinski definition) is 3. The van der Waals surface area contributed by atoms with E-state index in [-0.39, 0.29) is 9.92 Å². The van der Waals surface area contributed by atoms with Gasteiger partial charge in [-0.3, -0.25) is 9.10 Å². The zero-order valence-corrected chi connectivity index (χ0v) is 20.8. The summed E-state index contributed by atoms with van der Waals surface area (Å²) in [6.07, 6.45) is -4.73. The molecule has 0 aliphatic carbocycles. The van der Waals surface area contributed by atoms with Crippen molar-refractivity contribution >= 4 is 33.2 Å². The Morgan fingerprint density at radius 2 is 1.66 bits per heavy atom. The maximum Gasteiger partial charge on any atom is 0.416 e. The summed E-state index contributed by atoms with van der Waals surface area (Å²) >= 11 is 6.15. The fraction of sp³-hybridized carbons (Fsp3) is 0.240. The molecule has 0 aromatic heterocycles. The minimum absolute atomic E-state index is 0.191. The monoisotopic (exact) mass is 524 g/mol. The fourth-order valence-corrected chi connectivity index (χ4v) is 5.16.